The Morgan fingerprint density at radius 3 is 2.43 bits per heavy atom. The zero-order valence-electron chi connectivity index (χ0n) is 18.0. The van der Waals surface area contributed by atoms with Gasteiger partial charge in [-0.2, -0.15) is 0 Å². The van der Waals surface area contributed by atoms with E-state index in [2.05, 4.69) is 16.0 Å². The van der Waals surface area contributed by atoms with E-state index in [0.29, 0.717) is 39.2 Å². The second kappa shape index (κ2) is 12.7. The molecule has 6 nitrogen and oxygen atoms in total. The van der Waals surface area contributed by atoms with Crippen LogP contribution >= 0.6 is 47.0 Å². The third kappa shape index (κ3) is 8.36. The molecular weight excluding hydrogens is 536 g/mol. The topological polar surface area (TPSA) is 79.5 Å². The van der Waals surface area contributed by atoms with Crippen molar-refractivity contribution in [1.82, 2.24) is 5.32 Å². The van der Waals surface area contributed by atoms with E-state index in [1.54, 1.807) is 42.5 Å². The molecule has 0 aliphatic heterocycles. The number of halogens is 4. The summed E-state index contributed by atoms with van der Waals surface area (Å²) in [5.74, 6) is -0.813. The van der Waals surface area contributed by atoms with Crippen LogP contribution in [-0.2, 0) is 4.79 Å². The quantitative estimate of drug-likeness (QED) is 0.213. The van der Waals surface area contributed by atoms with Crippen molar-refractivity contribution in [3.05, 3.63) is 87.1 Å². The predicted octanol–water partition coefficient (Wildman–Crippen LogP) is 6.71. The Labute approximate surface area is 221 Å². The molecule has 11 heteroatoms. The number of amides is 2. The number of ether oxygens (including phenoxy) is 1. The molecule has 2 amide bonds. The van der Waals surface area contributed by atoms with Crippen molar-refractivity contribution >= 4 is 75.3 Å². The third-order valence-corrected chi connectivity index (χ3v) is 5.54. The van der Waals surface area contributed by atoms with Gasteiger partial charge in [0, 0.05) is 28.4 Å². The van der Waals surface area contributed by atoms with Gasteiger partial charge in [-0.15, -0.1) is 0 Å². The van der Waals surface area contributed by atoms with Crippen molar-refractivity contribution in [2.45, 2.75) is 12.8 Å². The zero-order valence-corrected chi connectivity index (χ0v) is 21.1. The summed E-state index contributed by atoms with van der Waals surface area (Å²) in [6.07, 6.45) is 0.617. The smallest absolute Gasteiger partial charge is 0.255 e. The average molecular weight is 555 g/mol. The molecule has 0 aliphatic carbocycles. The van der Waals surface area contributed by atoms with E-state index in [1.807, 2.05) is 0 Å². The van der Waals surface area contributed by atoms with Gasteiger partial charge in [-0.1, -0.05) is 40.9 Å². The van der Waals surface area contributed by atoms with Gasteiger partial charge in [0.1, 0.15) is 11.6 Å². The van der Waals surface area contributed by atoms with E-state index in [9.17, 15) is 14.0 Å². The molecule has 35 heavy (non-hydrogen) atoms. The Balaban J connectivity index is 1.45. The van der Waals surface area contributed by atoms with Crippen LogP contribution in [0.5, 0.6) is 5.75 Å². The van der Waals surface area contributed by atoms with E-state index in [1.165, 1.54) is 12.1 Å². The highest BCUT2D eigenvalue weighted by molar-refractivity contribution is 7.80. The first-order valence-electron chi connectivity index (χ1n) is 10.3. The molecule has 0 spiro atoms. The minimum atomic E-state index is -0.579. The maximum atomic E-state index is 13.3. The Morgan fingerprint density at radius 2 is 1.69 bits per heavy atom. The molecule has 0 heterocycles. The molecule has 3 rings (SSSR count). The Kier molecular flexibility index (Phi) is 9.68. The van der Waals surface area contributed by atoms with Crippen molar-refractivity contribution in [2.24, 2.45) is 0 Å². The SMILES string of the molecule is O=C(CCCOc1ccc(Cl)cc1Cl)NC(=S)Nc1cccc(C(=O)Nc2ccc(F)c(Cl)c2)c1. The van der Waals surface area contributed by atoms with Crippen LogP contribution in [0.1, 0.15) is 23.2 Å². The van der Waals surface area contributed by atoms with Crippen LogP contribution in [0.15, 0.2) is 60.7 Å². The van der Waals surface area contributed by atoms with Gasteiger partial charge in [0.2, 0.25) is 5.91 Å². The standard InChI is InChI=1S/C24H19Cl3FN3O3S/c25-15-6-9-21(19(27)12-15)34-10-2-5-22(32)31-24(35)30-16-4-1-3-14(11-16)23(33)29-17-7-8-20(28)18(26)13-17/h1,3-4,6-9,11-13H,2,5,10H2,(H,29,33)(H2,30,31,32,35). The molecule has 0 aliphatic rings. The molecule has 0 aromatic heterocycles. The summed E-state index contributed by atoms with van der Waals surface area (Å²) in [5, 5.41) is 8.97. The number of carbonyl (C=O) groups is 2. The number of anilines is 2. The highest BCUT2D eigenvalue weighted by Crippen LogP contribution is 2.27. The number of carbonyl (C=O) groups excluding carboxylic acids is 2. The van der Waals surface area contributed by atoms with E-state index in [-0.39, 0.29) is 29.1 Å². The van der Waals surface area contributed by atoms with Crippen molar-refractivity contribution in [3.63, 3.8) is 0 Å². The van der Waals surface area contributed by atoms with Gasteiger partial charge in [0.25, 0.3) is 5.91 Å². The number of nitrogens with one attached hydrogen (secondary N) is 3. The van der Waals surface area contributed by atoms with Crippen LogP contribution in [-0.4, -0.2) is 23.5 Å². The summed E-state index contributed by atoms with van der Waals surface area (Å²) < 4.78 is 18.8. The average Bonchev–Trinajstić information content (AvgIpc) is 2.80. The highest BCUT2D eigenvalue weighted by Gasteiger charge is 2.11. The van der Waals surface area contributed by atoms with E-state index >= 15 is 0 Å². The van der Waals surface area contributed by atoms with E-state index in [4.69, 9.17) is 51.8 Å². The van der Waals surface area contributed by atoms with Gasteiger partial charge < -0.3 is 20.7 Å². The molecule has 0 radical (unpaired) electrons. The molecular formula is C24H19Cl3FN3O3S. The number of rotatable bonds is 8. The van der Waals surface area contributed by atoms with Crippen LogP contribution in [0, 0.1) is 5.82 Å². The second-order valence-corrected chi connectivity index (χ2v) is 8.85. The fourth-order valence-corrected chi connectivity index (χ4v) is 3.75. The van der Waals surface area contributed by atoms with Crippen molar-refractivity contribution in [1.29, 1.82) is 0 Å². The summed E-state index contributed by atoms with van der Waals surface area (Å²) >= 11 is 22.8. The number of thiocarbonyl (C=S) groups is 1. The highest BCUT2D eigenvalue weighted by atomic mass is 35.5. The van der Waals surface area contributed by atoms with Crippen LogP contribution in [0.2, 0.25) is 15.1 Å². The number of benzene rings is 3. The Bertz CT molecular complexity index is 1260. The normalized spacial score (nSPS) is 10.4. The van der Waals surface area contributed by atoms with E-state index < -0.39 is 11.7 Å². The molecule has 3 N–H and O–H groups in total. The fourth-order valence-electron chi connectivity index (χ4n) is 2.87. The summed E-state index contributed by atoms with van der Waals surface area (Å²) in [7, 11) is 0. The Hall–Kier alpha value is -2.91. The summed E-state index contributed by atoms with van der Waals surface area (Å²) in [6.45, 7) is 0.283. The molecule has 0 saturated heterocycles. The first-order valence-corrected chi connectivity index (χ1v) is 11.8. The second-order valence-electron chi connectivity index (χ2n) is 7.19. The maximum absolute atomic E-state index is 13.3. The van der Waals surface area contributed by atoms with Gasteiger partial charge in [0.05, 0.1) is 16.7 Å². The first-order chi connectivity index (χ1) is 16.7. The molecule has 0 fully saturated rings. The van der Waals surface area contributed by atoms with Crippen LogP contribution < -0.4 is 20.7 Å². The van der Waals surface area contributed by atoms with Gasteiger partial charge in [-0.05, 0) is 73.2 Å². The van der Waals surface area contributed by atoms with Gasteiger partial charge >= 0.3 is 0 Å². The summed E-state index contributed by atoms with van der Waals surface area (Å²) in [4.78, 5) is 24.7. The van der Waals surface area contributed by atoms with Crippen molar-refractivity contribution in [2.75, 3.05) is 17.2 Å². The van der Waals surface area contributed by atoms with Crippen LogP contribution in [0.4, 0.5) is 15.8 Å². The molecule has 0 bridgehead atoms. The minimum absolute atomic E-state index is 0.0829. The molecule has 0 unspecified atom stereocenters. The van der Waals surface area contributed by atoms with Gasteiger partial charge in [-0.3, -0.25) is 9.59 Å². The first kappa shape index (κ1) is 26.7. The predicted molar refractivity (Wildman–Crippen MR) is 141 cm³/mol. The molecule has 182 valence electrons. The summed E-state index contributed by atoms with van der Waals surface area (Å²) in [5.41, 5.74) is 1.17. The minimum Gasteiger partial charge on any atom is -0.492 e. The molecule has 0 atom stereocenters. The number of hydrogen-bond donors (Lipinski definition) is 3. The molecule has 0 saturated carbocycles. The summed E-state index contributed by atoms with van der Waals surface area (Å²) in [6, 6.07) is 15.3. The number of hydrogen-bond acceptors (Lipinski definition) is 4. The van der Waals surface area contributed by atoms with Crippen molar-refractivity contribution < 1.29 is 18.7 Å². The fraction of sp³-hybridized carbons (Fsp3) is 0.125. The Morgan fingerprint density at radius 1 is 0.914 bits per heavy atom. The third-order valence-electron chi connectivity index (χ3n) is 4.51. The van der Waals surface area contributed by atoms with Gasteiger partial charge in [0.15, 0.2) is 5.11 Å². The van der Waals surface area contributed by atoms with Crippen molar-refractivity contribution in [3.8, 4) is 5.75 Å². The largest absolute Gasteiger partial charge is 0.492 e. The molecule has 3 aromatic carbocycles. The maximum Gasteiger partial charge on any atom is 0.255 e. The lowest BCUT2D eigenvalue weighted by molar-refractivity contribution is -0.119. The zero-order chi connectivity index (χ0) is 25.4. The monoisotopic (exact) mass is 553 g/mol. The van der Waals surface area contributed by atoms with Gasteiger partial charge in [-0.25, -0.2) is 4.39 Å². The van der Waals surface area contributed by atoms with E-state index in [0.717, 1.165) is 6.07 Å². The molecule has 3 aromatic rings. The van der Waals surface area contributed by atoms with Crippen LogP contribution in [0.25, 0.3) is 0 Å². The van der Waals surface area contributed by atoms with Crippen LogP contribution in [0.3, 0.4) is 0 Å². The lowest BCUT2D eigenvalue weighted by atomic mass is 10.2. The lowest BCUT2D eigenvalue weighted by Gasteiger charge is -2.12. The lowest BCUT2D eigenvalue weighted by Crippen LogP contribution is -2.34.